The molecule has 0 atom stereocenters. The van der Waals surface area contributed by atoms with E-state index in [1.165, 1.54) is 19.2 Å². The van der Waals surface area contributed by atoms with Gasteiger partial charge in [-0.3, -0.25) is 14.9 Å². The number of rotatable bonds is 9. The van der Waals surface area contributed by atoms with Crippen LogP contribution in [0.25, 0.3) is 0 Å². The molecule has 3 rings (SSSR count). The molecular formula is C22H20ClN3O5. The summed E-state index contributed by atoms with van der Waals surface area (Å²) in [4.78, 5) is 22.4. The minimum Gasteiger partial charge on any atom is -0.493 e. The van der Waals surface area contributed by atoms with Crippen molar-refractivity contribution >= 4 is 34.6 Å². The molecule has 0 aliphatic heterocycles. The number of ether oxygens (including phenoxy) is 2. The molecule has 160 valence electrons. The molecule has 8 nitrogen and oxygen atoms in total. The Bertz CT molecular complexity index is 1060. The Balaban J connectivity index is 1.62. The number of nitrogens with zero attached hydrogens (tertiary/aromatic N) is 1. The first-order valence-corrected chi connectivity index (χ1v) is 9.66. The van der Waals surface area contributed by atoms with Gasteiger partial charge in [-0.25, -0.2) is 0 Å². The van der Waals surface area contributed by atoms with Crippen molar-refractivity contribution in [3.05, 3.63) is 87.4 Å². The van der Waals surface area contributed by atoms with E-state index in [9.17, 15) is 14.9 Å². The van der Waals surface area contributed by atoms with Crippen molar-refractivity contribution in [1.29, 1.82) is 0 Å². The van der Waals surface area contributed by atoms with Crippen LogP contribution in [0.2, 0.25) is 5.02 Å². The van der Waals surface area contributed by atoms with Crippen LogP contribution in [0.5, 0.6) is 11.5 Å². The Morgan fingerprint density at radius 3 is 2.42 bits per heavy atom. The summed E-state index contributed by atoms with van der Waals surface area (Å²) in [5, 5.41) is 16.9. The smallest absolute Gasteiger partial charge is 0.269 e. The molecule has 0 bridgehead atoms. The Morgan fingerprint density at radius 2 is 1.77 bits per heavy atom. The van der Waals surface area contributed by atoms with E-state index in [0.717, 1.165) is 11.3 Å². The standard InChI is InChI=1S/C22H20ClN3O5/c1-30-20-12-15(13-24-16-7-9-18(10-8-16)26(28)29)11-19(23)22(20)31-14-21(27)25-17-5-3-2-4-6-17/h2-12,24H,13-14H2,1H3,(H,25,27). The topological polar surface area (TPSA) is 103 Å². The molecule has 0 aromatic heterocycles. The third-order valence-corrected chi connectivity index (χ3v) is 4.55. The molecule has 0 fully saturated rings. The molecule has 0 aliphatic rings. The van der Waals surface area contributed by atoms with Crippen LogP contribution >= 0.6 is 11.6 Å². The van der Waals surface area contributed by atoms with Crippen molar-refractivity contribution in [3.63, 3.8) is 0 Å². The number of hydrogen-bond acceptors (Lipinski definition) is 6. The number of nitro benzene ring substituents is 1. The molecule has 0 unspecified atom stereocenters. The number of benzene rings is 3. The van der Waals surface area contributed by atoms with Gasteiger partial charge in [0, 0.05) is 30.1 Å². The third-order valence-electron chi connectivity index (χ3n) is 4.27. The van der Waals surface area contributed by atoms with E-state index < -0.39 is 4.92 Å². The number of carbonyl (C=O) groups is 1. The van der Waals surface area contributed by atoms with Gasteiger partial charge in [-0.05, 0) is 42.0 Å². The minimum atomic E-state index is -0.451. The van der Waals surface area contributed by atoms with Crippen LogP contribution < -0.4 is 20.1 Å². The zero-order valence-corrected chi connectivity index (χ0v) is 17.4. The SMILES string of the molecule is COc1cc(CNc2ccc([N+](=O)[O-])cc2)cc(Cl)c1OCC(=O)Nc1ccccc1. The highest BCUT2D eigenvalue weighted by molar-refractivity contribution is 6.32. The fourth-order valence-corrected chi connectivity index (χ4v) is 3.06. The van der Waals surface area contributed by atoms with Crippen molar-refractivity contribution in [1.82, 2.24) is 0 Å². The van der Waals surface area contributed by atoms with Gasteiger partial charge in [0.25, 0.3) is 11.6 Å². The summed E-state index contributed by atoms with van der Waals surface area (Å²) in [5.41, 5.74) is 2.22. The molecule has 0 saturated carbocycles. The van der Waals surface area contributed by atoms with Crippen molar-refractivity contribution in [2.24, 2.45) is 0 Å². The predicted octanol–water partition coefficient (Wildman–Crippen LogP) is 4.89. The summed E-state index contributed by atoms with van der Waals surface area (Å²) in [5.74, 6) is 0.334. The molecule has 3 aromatic rings. The second-order valence-corrected chi connectivity index (χ2v) is 6.88. The van der Waals surface area contributed by atoms with E-state index in [-0.39, 0.29) is 24.0 Å². The fraction of sp³-hybridized carbons (Fsp3) is 0.136. The van der Waals surface area contributed by atoms with Gasteiger partial charge in [-0.1, -0.05) is 29.8 Å². The van der Waals surface area contributed by atoms with Crippen LogP contribution in [-0.4, -0.2) is 24.5 Å². The summed E-state index contributed by atoms with van der Waals surface area (Å²) in [6.07, 6.45) is 0. The number of carbonyl (C=O) groups excluding carboxylic acids is 1. The monoisotopic (exact) mass is 441 g/mol. The Morgan fingerprint density at radius 1 is 1.06 bits per heavy atom. The lowest BCUT2D eigenvalue weighted by Gasteiger charge is -2.15. The van der Waals surface area contributed by atoms with Gasteiger partial charge in [-0.15, -0.1) is 0 Å². The fourth-order valence-electron chi connectivity index (χ4n) is 2.78. The third kappa shape index (κ3) is 6.10. The van der Waals surface area contributed by atoms with Crippen LogP contribution in [0.4, 0.5) is 17.1 Å². The second kappa shape index (κ2) is 10.3. The highest BCUT2D eigenvalue weighted by Gasteiger charge is 2.14. The van der Waals surface area contributed by atoms with E-state index in [1.54, 1.807) is 36.4 Å². The van der Waals surface area contributed by atoms with E-state index in [0.29, 0.717) is 23.0 Å². The molecule has 2 N–H and O–H groups in total. The number of methoxy groups -OCH3 is 1. The van der Waals surface area contributed by atoms with Gasteiger partial charge in [0.15, 0.2) is 18.1 Å². The summed E-state index contributed by atoms with van der Waals surface area (Å²) >= 11 is 6.35. The van der Waals surface area contributed by atoms with Gasteiger partial charge in [0.2, 0.25) is 0 Å². The van der Waals surface area contributed by atoms with Gasteiger partial charge < -0.3 is 20.1 Å². The molecule has 0 saturated heterocycles. The number of nitrogens with one attached hydrogen (secondary N) is 2. The van der Waals surface area contributed by atoms with Crippen LogP contribution in [0.1, 0.15) is 5.56 Å². The maximum Gasteiger partial charge on any atom is 0.269 e. The zero-order valence-electron chi connectivity index (χ0n) is 16.6. The average Bonchev–Trinajstić information content (AvgIpc) is 2.77. The zero-order chi connectivity index (χ0) is 22.2. The van der Waals surface area contributed by atoms with Crippen molar-refractivity contribution in [2.75, 3.05) is 24.4 Å². The number of anilines is 2. The summed E-state index contributed by atoms with van der Waals surface area (Å²) in [6, 6.07) is 18.6. The molecule has 1 amide bonds. The van der Waals surface area contributed by atoms with Crippen molar-refractivity contribution in [2.45, 2.75) is 6.54 Å². The van der Waals surface area contributed by atoms with Crippen LogP contribution in [-0.2, 0) is 11.3 Å². The molecule has 9 heteroatoms. The minimum absolute atomic E-state index is 0.0214. The number of halogens is 1. The van der Waals surface area contributed by atoms with E-state index >= 15 is 0 Å². The van der Waals surface area contributed by atoms with Crippen LogP contribution in [0, 0.1) is 10.1 Å². The second-order valence-electron chi connectivity index (χ2n) is 6.47. The highest BCUT2D eigenvalue weighted by Crippen LogP contribution is 2.36. The van der Waals surface area contributed by atoms with Crippen LogP contribution in [0.3, 0.4) is 0 Å². The first kappa shape index (κ1) is 21.9. The summed E-state index contributed by atoms with van der Waals surface area (Å²) < 4.78 is 11.0. The Kier molecular flexibility index (Phi) is 7.29. The maximum absolute atomic E-state index is 12.1. The van der Waals surface area contributed by atoms with Gasteiger partial charge in [0.1, 0.15) is 0 Å². The van der Waals surface area contributed by atoms with E-state index in [1.807, 2.05) is 18.2 Å². The highest BCUT2D eigenvalue weighted by atomic mass is 35.5. The molecular weight excluding hydrogens is 422 g/mol. The van der Waals surface area contributed by atoms with E-state index in [2.05, 4.69) is 10.6 Å². The van der Waals surface area contributed by atoms with E-state index in [4.69, 9.17) is 21.1 Å². The number of amides is 1. The van der Waals surface area contributed by atoms with Gasteiger partial charge in [-0.2, -0.15) is 0 Å². The van der Waals surface area contributed by atoms with Gasteiger partial charge in [0.05, 0.1) is 17.1 Å². The van der Waals surface area contributed by atoms with Crippen molar-refractivity contribution < 1.29 is 19.2 Å². The predicted molar refractivity (Wildman–Crippen MR) is 119 cm³/mol. The van der Waals surface area contributed by atoms with Crippen LogP contribution in [0.15, 0.2) is 66.7 Å². The number of non-ortho nitro benzene ring substituents is 1. The molecule has 0 aliphatic carbocycles. The molecule has 0 spiro atoms. The lowest BCUT2D eigenvalue weighted by atomic mass is 10.2. The largest absolute Gasteiger partial charge is 0.493 e. The lowest BCUT2D eigenvalue weighted by Crippen LogP contribution is -2.20. The van der Waals surface area contributed by atoms with Crippen molar-refractivity contribution in [3.8, 4) is 11.5 Å². The Hall–Kier alpha value is -3.78. The molecule has 31 heavy (non-hydrogen) atoms. The number of para-hydroxylation sites is 1. The molecule has 3 aromatic carbocycles. The molecule has 0 heterocycles. The quantitative estimate of drug-likeness (QED) is 0.362. The summed E-state index contributed by atoms with van der Waals surface area (Å²) in [6.45, 7) is 0.175. The first-order chi connectivity index (χ1) is 15.0. The number of nitro groups is 1. The average molecular weight is 442 g/mol. The Labute approximate surface area is 183 Å². The summed E-state index contributed by atoms with van der Waals surface area (Å²) in [7, 11) is 1.48. The molecule has 0 radical (unpaired) electrons. The normalized spacial score (nSPS) is 10.3. The first-order valence-electron chi connectivity index (χ1n) is 9.28. The van der Waals surface area contributed by atoms with Gasteiger partial charge >= 0.3 is 0 Å². The maximum atomic E-state index is 12.1. The lowest BCUT2D eigenvalue weighted by molar-refractivity contribution is -0.384. The number of hydrogen-bond donors (Lipinski definition) is 2.